The van der Waals surface area contributed by atoms with Gasteiger partial charge < -0.3 is 15.2 Å². The van der Waals surface area contributed by atoms with Gasteiger partial charge in [-0.25, -0.2) is 4.39 Å². The highest BCUT2D eigenvalue weighted by molar-refractivity contribution is 5.81. The molecule has 2 aromatic rings. The van der Waals surface area contributed by atoms with Crippen molar-refractivity contribution in [2.45, 2.75) is 19.5 Å². The van der Waals surface area contributed by atoms with Crippen LogP contribution in [0.1, 0.15) is 19.4 Å². The van der Waals surface area contributed by atoms with Crippen LogP contribution in [-0.2, 0) is 12.7 Å². The Morgan fingerprint density at radius 1 is 1.24 bits per heavy atom. The average Bonchev–Trinajstić information content (AvgIpc) is 2.77. The average molecular weight is 291 g/mol. The van der Waals surface area contributed by atoms with E-state index in [1.54, 1.807) is 30.1 Å². The van der Waals surface area contributed by atoms with Crippen molar-refractivity contribution >= 4 is 5.82 Å². The van der Waals surface area contributed by atoms with Crippen molar-refractivity contribution in [3.05, 3.63) is 23.9 Å². The Hall–Kier alpha value is -2.24. The summed E-state index contributed by atoms with van der Waals surface area (Å²) in [5.41, 5.74) is 6.49. The van der Waals surface area contributed by atoms with Gasteiger partial charge in [-0.15, -0.1) is 0 Å². The summed E-state index contributed by atoms with van der Waals surface area (Å²) in [4.78, 5) is 0. The zero-order chi connectivity index (χ0) is 15.2. The molecule has 1 aromatic heterocycles. The second-order valence-corrected chi connectivity index (χ2v) is 5.59. The Morgan fingerprint density at radius 3 is 2.57 bits per heavy atom. The molecule has 1 aromatic carbocycles. The van der Waals surface area contributed by atoms with Gasteiger partial charge in [0.1, 0.15) is 24.7 Å². The summed E-state index contributed by atoms with van der Waals surface area (Å²) in [6.07, 6.45) is 1.65. The van der Waals surface area contributed by atoms with Gasteiger partial charge >= 0.3 is 0 Å². The molecular formula is C15H18FN3O2. The molecule has 0 saturated carbocycles. The van der Waals surface area contributed by atoms with Gasteiger partial charge in [-0.05, 0) is 31.5 Å². The number of aryl methyl sites for hydroxylation is 1. The van der Waals surface area contributed by atoms with Crippen LogP contribution in [0, 0.1) is 0 Å². The van der Waals surface area contributed by atoms with Crippen LogP contribution in [0.3, 0.4) is 0 Å². The van der Waals surface area contributed by atoms with Crippen LogP contribution in [0.15, 0.2) is 18.3 Å². The SMILES string of the molecule is Cn1ncc(-c2cc(C(C)(C)F)cc3c2OCCO3)c1N. The molecule has 0 spiro atoms. The van der Waals surface area contributed by atoms with Gasteiger partial charge in [-0.1, -0.05) is 0 Å². The van der Waals surface area contributed by atoms with E-state index in [4.69, 9.17) is 15.2 Å². The van der Waals surface area contributed by atoms with Gasteiger partial charge in [0.25, 0.3) is 0 Å². The van der Waals surface area contributed by atoms with Gasteiger partial charge in [0.05, 0.1) is 6.20 Å². The monoisotopic (exact) mass is 291 g/mol. The number of ether oxygens (including phenoxy) is 2. The summed E-state index contributed by atoms with van der Waals surface area (Å²) in [7, 11) is 1.76. The predicted molar refractivity (Wildman–Crippen MR) is 78.2 cm³/mol. The molecule has 0 unspecified atom stereocenters. The molecule has 0 fully saturated rings. The van der Waals surface area contributed by atoms with Gasteiger partial charge in [-0.3, -0.25) is 4.68 Å². The maximum absolute atomic E-state index is 14.3. The van der Waals surface area contributed by atoms with Gasteiger partial charge in [0, 0.05) is 18.2 Å². The Morgan fingerprint density at radius 2 is 1.95 bits per heavy atom. The summed E-state index contributed by atoms with van der Waals surface area (Å²) >= 11 is 0. The summed E-state index contributed by atoms with van der Waals surface area (Å²) in [6, 6.07) is 3.44. The van der Waals surface area contributed by atoms with Crippen molar-refractivity contribution in [3.63, 3.8) is 0 Å². The van der Waals surface area contributed by atoms with E-state index in [-0.39, 0.29) is 0 Å². The van der Waals surface area contributed by atoms with Crippen LogP contribution in [0.5, 0.6) is 11.5 Å². The van der Waals surface area contributed by atoms with Crippen molar-refractivity contribution in [2.75, 3.05) is 18.9 Å². The van der Waals surface area contributed by atoms with Gasteiger partial charge in [0.15, 0.2) is 11.5 Å². The first kappa shape index (κ1) is 13.7. The lowest BCUT2D eigenvalue weighted by Gasteiger charge is -2.24. The molecule has 0 amide bonds. The van der Waals surface area contributed by atoms with E-state index in [9.17, 15) is 4.39 Å². The van der Waals surface area contributed by atoms with E-state index in [2.05, 4.69) is 5.10 Å². The minimum Gasteiger partial charge on any atom is -0.486 e. The molecule has 0 radical (unpaired) electrons. The molecule has 5 nitrogen and oxygen atoms in total. The Labute approximate surface area is 122 Å². The number of hydrogen-bond acceptors (Lipinski definition) is 4. The summed E-state index contributed by atoms with van der Waals surface area (Å²) in [6.45, 7) is 3.92. The fourth-order valence-electron chi connectivity index (χ4n) is 2.35. The largest absolute Gasteiger partial charge is 0.486 e. The third-order valence-electron chi connectivity index (χ3n) is 3.60. The van der Waals surface area contributed by atoms with Crippen LogP contribution < -0.4 is 15.2 Å². The normalized spacial score (nSPS) is 14.3. The molecule has 0 atom stereocenters. The number of fused-ring (bicyclic) bond motifs is 1. The van der Waals surface area contributed by atoms with Gasteiger partial charge in [-0.2, -0.15) is 5.10 Å². The second kappa shape index (κ2) is 4.65. The number of anilines is 1. The molecule has 2 N–H and O–H groups in total. The number of halogens is 1. The fraction of sp³-hybridized carbons (Fsp3) is 0.400. The molecule has 0 saturated heterocycles. The maximum Gasteiger partial charge on any atom is 0.169 e. The van der Waals surface area contributed by atoms with E-state index in [1.807, 2.05) is 0 Å². The van der Waals surface area contributed by atoms with E-state index in [0.717, 1.165) is 0 Å². The van der Waals surface area contributed by atoms with Crippen molar-refractivity contribution in [2.24, 2.45) is 7.05 Å². The highest BCUT2D eigenvalue weighted by Crippen LogP contribution is 2.45. The van der Waals surface area contributed by atoms with E-state index in [0.29, 0.717) is 47.2 Å². The quantitative estimate of drug-likeness (QED) is 0.924. The molecule has 0 aliphatic carbocycles. The maximum atomic E-state index is 14.3. The summed E-state index contributed by atoms with van der Waals surface area (Å²) < 4.78 is 27.2. The van der Waals surface area contributed by atoms with Crippen LogP contribution in [0.25, 0.3) is 11.1 Å². The van der Waals surface area contributed by atoms with Crippen molar-refractivity contribution in [3.8, 4) is 22.6 Å². The highest BCUT2D eigenvalue weighted by Gasteiger charge is 2.27. The second-order valence-electron chi connectivity index (χ2n) is 5.59. The fourth-order valence-corrected chi connectivity index (χ4v) is 2.35. The lowest BCUT2D eigenvalue weighted by Crippen LogP contribution is -2.18. The van der Waals surface area contributed by atoms with Crippen LogP contribution >= 0.6 is 0 Å². The predicted octanol–water partition coefficient (Wildman–Crippen LogP) is 2.65. The molecule has 21 heavy (non-hydrogen) atoms. The highest BCUT2D eigenvalue weighted by atomic mass is 19.1. The number of nitrogens with zero attached hydrogens (tertiary/aromatic N) is 2. The molecular weight excluding hydrogens is 273 g/mol. The van der Waals surface area contributed by atoms with Crippen molar-refractivity contribution in [1.29, 1.82) is 0 Å². The van der Waals surface area contributed by atoms with Crippen molar-refractivity contribution < 1.29 is 13.9 Å². The summed E-state index contributed by atoms with van der Waals surface area (Å²) in [5.74, 6) is 1.64. The third kappa shape index (κ3) is 2.30. The molecule has 2 heterocycles. The molecule has 6 heteroatoms. The summed E-state index contributed by atoms with van der Waals surface area (Å²) in [5, 5.41) is 4.13. The minimum atomic E-state index is -1.48. The zero-order valence-corrected chi connectivity index (χ0v) is 12.3. The minimum absolute atomic E-state index is 0.450. The van der Waals surface area contributed by atoms with Crippen LogP contribution in [0.4, 0.5) is 10.2 Å². The first-order valence-corrected chi connectivity index (χ1v) is 6.79. The van der Waals surface area contributed by atoms with Crippen LogP contribution in [0.2, 0.25) is 0 Å². The first-order valence-electron chi connectivity index (χ1n) is 6.79. The van der Waals surface area contributed by atoms with Crippen LogP contribution in [-0.4, -0.2) is 23.0 Å². The number of hydrogen-bond donors (Lipinski definition) is 1. The van der Waals surface area contributed by atoms with E-state index < -0.39 is 5.67 Å². The molecule has 1 aliphatic heterocycles. The standard InChI is InChI=1S/C15H18FN3O2/c1-15(2,16)9-6-10(11-8-18-19(3)14(11)17)13-12(7-9)20-4-5-21-13/h6-8H,4-5,17H2,1-3H3. The number of benzene rings is 1. The number of alkyl halides is 1. The topological polar surface area (TPSA) is 62.3 Å². The Kier molecular flexibility index (Phi) is 3.04. The van der Waals surface area contributed by atoms with Crippen molar-refractivity contribution in [1.82, 2.24) is 9.78 Å². The molecule has 0 bridgehead atoms. The molecule has 3 rings (SSSR count). The number of nitrogen functional groups attached to an aromatic ring is 1. The zero-order valence-electron chi connectivity index (χ0n) is 12.3. The number of aromatic nitrogens is 2. The Bertz CT molecular complexity index is 689. The smallest absolute Gasteiger partial charge is 0.169 e. The molecule has 1 aliphatic rings. The molecule has 112 valence electrons. The van der Waals surface area contributed by atoms with Gasteiger partial charge in [0.2, 0.25) is 0 Å². The third-order valence-corrected chi connectivity index (χ3v) is 3.60. The van der Waals surface area contributed by atoms with E-state index >= 15 is 0 Å². The Balaban J connectivity index is 2.25. The number of rotatable bonds is 2. The van der Waals surface area contributed by atoms with E-state index in [1.165, 1.54) is 13.8 Å². The first-order chi connectivity index (χ1) is 9.88. The lowest BCUT2D eigenvalue weighted by atomic mass is 9.94. The lowest BCUT2D eigenvalue weighted by molar-refractivity contribution is 0.170. The number of nitrogens with two attached hydrogens (primary N) is 1.